The second kappa shape index (κ2) is 36.6. The van der Waals surface area contributed by atoms with Crippen molar-refractivity contribution in [2.45, 2.75) is 284 Å². The van der Waals surface area contributed by atoms with E-state index in [4.69, 9.17) is 85.3 Å². The highest BCUT2D eigenvalue weighted by Crippen LogP contribution is 2.39. The van der Waals surface area contributed by atoms with Crippen LogP contribution in [0.15, 0.2) is 0 Å². The molecule has 0 amide bonds. The van der Waals surface area contributed by atoms with Crippen LogP contribution in [0.4, 0.5) is 0 Å². The van der Waals surface area contributed by atoms with Gasteiger partial charge in [-0.1, -0.05) is 6.92 Å². The summed E-state index contributed by atoms with van der Waals surface area (Å²) < 4.78 is 105. The average Bonchev–Trinajstić information content (AvgIpc) is 0.777. The SMILES string of the molecule is CCCO[C@@H]1OC(CO[C@H]2OC(CO[C@H]3OC(CO)[C@@H](O)[C@H](O)C3O[C@H]3OC(CO)[C@@H](O)[C@H](O)C3O)[C@@H](O)[C@H](O[C@H]3OC[C@@H](O)C(O)C3O[C@H]3OC(CO)[C@@H](O)C(O)C3O)C2O)[C@@H](O)[C@H](O[C@H]2OC(CO)[C@@H](O)C(O)C2O[C@H]2OC(CO)[C@@H](O)C(O)C2O[C@H]2OC(CO)[C@@H](O)C(O)C2O)C1O. The van der Waals surface area contributed by atoms with Gasteiger partial charge in [-0.05, 0) is 6.42 Å². The molecule has 45 nitrogen and oxygen atoms in total. The van der Waals surface area contributed by atoms with E-state index < -0.39 is 330 Å². The highest BCUT2D eigenvalue weighted by Gasteiger charge is 2.60. The molecule has 101 heavy (non-hydrogen) atoms. The van der Waals surface area contributed by atoms with Gasteiger partial charge in [-0.3, -0.25) is 0 Å². The summed E-state index contributed by atoms with van der Waals surface area (Å²) in [6.07, 6.45) is -88.9. The molecule has 0 radical (unpaired) electrons. The Morgan fingerprint density at radius 3 is 0.861 bits per heavy atom. The predicted octanol–water partition coefficient (Wildman–Crippen LogP) is -18.6. The lowest BCUT2D eigenvalue weighted by Crippen LogP contribution is -2.68. The molecule has 45 heteroatoms. The molecule has 0 spiro atoms. The summed E-state index contributed by atoms with van der Waals surface area (Å²) in [5, 5.41) is 294. The number of hydrogen-bond acceptors (Lipinski definition) is 45. The van der Waals surface area contributed by atoms with Crippen LogP contribution in [0.1, 0.15) is 13.3 Å². The molecule has 9 heterocycles. The molecule has 0 aromatic heterocycles. The van der Waals surface area contributed by atoms with Gasteiger partial charge in [-0.15, -0.1) is 0 Å². The van der Waals surface area contributed by atoms with Crippen LogP contribution >= 0.6 is 0 Å². The van der Waals surface area contributed by atoms with Gasteiger partial charge < -0.3 is 223 Å². The first-order valence-corrected chi connectivity index (χ1v) is 32.6. The first kappa shape index (κ1) is 83.2. The third kappa shape index (κ3) is 17.9. The van der Waals surface area contributed by atoms with E-state index in [1.54, 1.807) is 6.92 Å². The number of hydrogen-bond donors (Lipinski definition) is 27. The van der Waals surface area contributed by atoms with Crippen molar-refractivity contribution in [3.63, 3.8) is 0 Å². The van der Waals surface area contributed by atoms with E-state index in [1.165, 1.54) is 0 Å². The van der Waals surface area contributed by atoms with Crippen molar-refractivity contribution in [2.75, 3.05) is 66.1 Å². The van der Waals surface area contributed by atoms with Crippen LogP contribution in [-0.4, -0.2) is 474 Å². The largest absolute Gasteiger partial charge is 0.394 e. The van der Waals surface area contributed by atoms with Crippen molar-refractivity contribution < 1.29 is 223 Å². The number of aliphatic hydroxyl groups is 27. The van der Waals surface area contributed by atoms with E-state index >= 15 is 0 Å². The summed E-state index contributed by atoms with van der Waals surface area (Å²) in [5.74, 6) is 0. The van der Waals surface area contributed by atoms with Gasteiger partial charge >= 0.3 is 0 Å². The Labute approximate surface area is 571 Å². The normalized spacial score (nSPS) is 52.5. The molecule has 0 aliphatic carbocycles. The fraction of sp³-hybridized carbons (Fsp3) is 1.00. The Balaban J connectivity index is 0.997. The quantitative estimate of drug-likeness (QED) is 0.0363. The van der Waals surface area contributed by atoms with Crippen LogP contribution < -0.4 is 0 Å². The Hall–Kier alpha value is -1.80. The van der Waals surface area contributed by atoms with Gasteiger partial charge in [0.15, 0.2) is 56.6 Å². The lowest BCUT2D eigenvalue weighted by atomic mass is 9.95. The van der Waals surface area contributed by atoms with Crippen LogP contribution in [0.5, 0.6) is 0 Å². The second-order valence-electron chi connectivity index (χ2n) is 25.7. The number of aliphatic hydroxyl groups excluding tert-OH is 27. The van der Waals surface area contributed by atoms with Crippen molar-refractivity contribution in [1.29, 1.82) is 0 Å². The highest BCUT2D eigenvalue weighted by atomic mass is 16.8. The summed E-state index contributed by atoms with van der Waals surface area (Å²) >= 11 is 0. The van der Waals surface area contributed by atoms with Gasteiger partial charge in [-0.25, -0.2) is 0 Å². The van der Waals surface area contributed by atoms with Crippen LogP contribution in [0, 0.1) is 0 Å². The summed E-state index contributed by atoms with van der Waals surface area (Å²) in [5.41, 5.74) is 0. The lowest BCUT2D eigenvalue weighted by molar-refractivity contribution is -0.405. The summed E-state index contributed by atoms with van der Waals surface area (Å²) in [6, 6.07) is 0. The van der Waals surface area contributed by atoms with Gasteiger partial charge in [0.1, 0.15) is 214 Å². The molecule has 0 saturated carbocycles. The Morgan fingerprint density at radius 1 is 0.238 bits per heavy atom. The zero-order valence-electron chi connectivity index (χ0n) is 53.6. The minimum absolute atomic E-state index is 0.191. The molecule has 27 N–H and O–H groups in total. The van der Waals surface area contributed by atoms with Crippen LogP contribution in [0.3, 0.4) is 0 Å². The smallest absolute Gasteiger partial charge is 0.187 e. The van der Waals surface area contributed by atoms with Crippen molar-refractivity contribution >= 4 is 0 Å². The zero-order chi connectivity index (χ0) is 73.9. The maximum absolute atomic E-state index is 12.2. The lowest BCUT2D eigenvalue weighted by Gasteiger charge is -2.50. The van der Waals surface area contributed by atoms with Crippen LogP contribution in [0.2, 0.25) is 0 Å². The second-order valence-corrected chi connectivity index (χ2v) is 25.7. The monoisotopic (exact) mass is 1490 g/mol. The molecule has 9 rings (SSSR count). The maximum Gasteiger partial charge on any atom is 0.187 e. The number of rotatable bonds is 27. The standard InChI is InChI=1S/C56H96O45/c1-2-3-84-48-40(82)43(97-55-47(36(78)28(70)18(8-61)92-55)101-56-46(35(77)27(69)19(9-62)93-56)100-52-39(81)33(75)25(67)16(6-59)90-52)30(72)20(94-48)11-86-49-41(83)42(96-54-44(22(64)13(63)10-85-54)98-50-37(79)31(73)23(65)14(4-57)88-50)29(71)21(95-49)12-87-53-45(34(76)26(68)17(7-60)91-53)99-51-38(80)32(74)24(66)15(5-58)89-51/h13-83H,2-12H2,1H3/t13-,14?,15?,16?,17?,18?,19?,20?,21?,22?,23-,24-,25-,26-,27-,28-,29-,30-,31?,32+,33?,34+,35?,36?,37?,38?,39?,40?,41?,42+,43+,44?,45?,46?,47?,48-,49+,50-,51-,52-,53+,54-,55-,56-/m1/s1. The molecule has 9 aliphatic heterocycles. The number of ether oxygens (including phenoxy) is 18. The third-order valence-electron chi connectivity index (χ3n) is 18.8. The zero-order valence-corrected chi connectivity index (χ0v) is 53.6. The van der Waals surface area contributed by atoms with Crippen molar-refractivity contribution in [3.8, 4) is 0 Å². The van der Waals surface area contributed by atoms with E-state index in [0.717, 1.165) is 0 Å². The molecule has 590 valence electrons. The van der Waals surface area contributed by atoms with E-state index in [2.05, 4.69) is 0 Å². The topological polar surface area (TPSA) is 712 Å². The minimum atomic E-state index is -2.34. The minimum Gasteiger partial charge on any atom is -0.394 e. The van der Waals surface area contributed by atoms with E-state index in [0.29, 0.717) is 0 Å². The van der Waals surface area contributed by atoms with Crippen molar-refractivity contribution in [1.82, 2.24) is 0 Å². The van der Waals surface area contributed by atoms with Gasteiger partial charge in [0.2, 0.25) is 0 Å². The Kier molecular flexibility index (Phi) is 30.2. The van der Waals surface area contributed by atoms with Crippen molar-refractivity contribution in [2.24, 2.45) is 0 Å². The molecule has 9 fully saturated rings. The summed E-state index contributed by atoms with van der Waals surface area (Å²) in [6.45, 7) is -7.39. The molecule has 0 bridgehead atoms. The first-order chi connectivity index (χ1) is 48.0. The molecule has 0 aromatic rings. The maximum atomic E-state index is 12.2. The molecule has 0 aromatic carbocycles. The van der Waals surface area contributed by atoms with Crippen LogP contribution in [-0.2, 0) is 85.3 Å². The molecular weight excluding hydrogens is 1390 g/mol. The first-order valence-electron chi connectivity index (χ1n) is 32.6. The molecule has 22 unspecified atom stereocenters. The van der Waals surface area contributed by atoms with Crippen LogP contribution in [0.25, 0.3) is 0 Å². The fourth-order valence-electron chi connectivity index (χ4n) is 12.7. The molecule has 9 aliphatic rings. The Morgan fingerprint density at radius 2 is 0.505 bits per heavy atom. The predicted molar refractivity (Wildman–Crippen MR) is 305 cm³/mol. The van der Waals surface area contributed by atoms with Crippen molar-refractivity contribution in [3.05, 3.63) is 0 Å². The van der Waals surface area contributed by atoms with Gasteiger partial charge in [0.05, 0.1) is 59.5 Å². The summed E-state index contributed by atoms with van der Waals surface area (Å²) in [7, 11) is 0. The van der Waals surface area contributed by atoms with Gasteiger partial charge in [0, 0.05) is 6.61 Å². The van der Waals surface area contributed by atoms with Gasteiger partial charge in [-0.2, -0.15) is 0 Å². The fourth-order valence-corrected chi connectivity index (χ4v) is 12.7. The van der Waals surface area contributed by atoms with E-state index in [-0.39, 0.29) is 13.0 Å². The third-order valence-corrected chi connectivity index (χ3v) is 18.8. The van der Waals surface area contributed by atoms with E-state index in [9.17, 15) is 138 Å². The van der Waals surface area contributed by atoms with Gasteiger partial charge in [0.25, 0.3) is 0 Å². The Bertz CT molecular complexity index is 2450. The average molecular weight is 1490 g/mol. The summed E-state index contributed by atoms with van der Waals surface area (Å²) in [4.78, 5) is 0. The molecule has 9 saturated heterocycles. The molecule has 44 atom stereocenters. The highest BCUT2D eigenvalue weighted by molar-refractivity contribution is 5.01. The molecular formula is C56H96O45. The van der Waals surface area contributed by atoms with E-state index in [1.807, 2.05) is 0 Å².